The fourth-order valence-corrected chi connectivity index (χ4v) is 5.75. The number of aromatic nitrogens is 2. The summed E-state index contributed by atoms with van der Waals surface area (Å²) in [6, 6.07) is 23.0. The van der Waals surface area contributed by atoms with E-state index in [0.29, 0.717) is 22.2 Å². The average Bonchev–Trinajstić information content (AvgIpc) is 3.52. The summed E-state index contributed by atoms with van der Waals surface area (Å²) in [5.41, 5.74) is 4.98. The zero-order valence-corrected chi connectivity index (χ0v) is 23.7. The molecule has 1 fully saturated rings. The van der Waals surface area contributed by atoms with Crippen LogP contribution in [-0.2, 0) is 10.0 Å². The predicted octanol–water partition coefficient (Wildman–Crippen LogP) is 4.50. The second-order valence-corrected chi connectivity index (χ2v) is 11.6. The van der Waals surface area contributed by atoms with Crippen LogP contribution in [0.4, 0.5) is 17.1 Å². The summed E-state index contributed by atoms with van der Waals surface area (Å²) < 4.78 is 34.3. The highest BCUT2D eigenvalue weighted by Crippen LogP contribution is 2.44. The lowest BCUT2D eigenvalue weighted by molar-refractivity contribution is 0.417. The van der Waals surface area contributed by atoms with Crippen molar-refractivity contribution in [1.29, 1.82) is 0 Å². The van der Waals surface area contributed by atoms with Gasteiger partial charge in [-0.1, -0.05) is 6.07 Å². The quantitative estimate of drug-likeness (QED) is 0.304. The van der Waals surface area contributed by atoms with Crippen molar-refractivity contribution in [2.45, 2.75) is 12.1 Å². The Labute approximate surface area is 234 Å². The summed E-state index contributed by atoms with van der Waals surface area (Å²) in [7, 11) is 1.98. The van der Waals surface area contributed by atoms with Gasteiger partial charge in [0.05, 0.1) is 30.8 Å². The van der Waals surface area contributed by atoms with Gasteiger partial charge in [-0.2, -0.15) is 0 Å². The van der Waals surface area contributed by atoms with Crippen molar-refractivity contribution in [1.82, 2.24) is 14.9 Å². The van der Waals surface area contributed by atoms with Crippen molar-refractivity contribution in [2.24, 2.45) is 0 Å². The van der Waals surface area contributed by atoms with E-state index in [-0.39, 0.29) is 12.1 Å². The largest absolute Gasteiger partial charge is 0.495 e. The van der Waals surface area contributed by atoms with Crippen LogP contribution in [0.15, 0.2) is 85.2 Å². The molecule has 202 valence electrons. The second-order valence-electron chi connectivity index (χ2n) is 9.47. The fourth-order valence-electron chi connectivity index (χ4n) is 4.84. The fraction of sp³-hybridized carbons (Fsp3) is 0.214. The summed E-state index contributed by atoms with van der Waals surface area (Å²) in [5, 5.41) is 3.96. The first-order valence-corrected chi connectivity index (χ1v) is 14.6. The van der Waals surface area contributed by atoms with E-state index in [0.717, 1.165) is 29.0 Å². The molecule has 2 atom stereocenters. The van der Waals surface area contributed by atoms with E-state index in [4.69, 9.17) is 17.0 Å². The van der Waals surface area contributed by atoms with Crippen molar-refractivity contribution in [3.8, 4) is 11.4 Å². The van der Waals surface area contributed by atoms with Crippen LogP contribution in [0.25, 0.3) is 5.69 Å². The zero-order valence-electron chi connectivity index (χ0n) is 22.1. The van der Waals surface area contributed by atoms with Gasteiger partial charge in [0.2, 0.25) is 10.0 Å². The molecule has 11 heteroatoms. The maximum Gasteiger partial charge on any atom is 0.229 e. The van der Waals surface area contributed by atoms with Crippen LogP contribution in [0.2, 0.25) is 0 Å². The SMILES string of the molecule is COc1ccc(N2C(=S)N[C@H](c3ccccn3)[C@@H]2c2cccn2-c2ccc(N(C)C)cc2)cc1NS(C)(=O)=O. The Morgan fingerprint density at radius 3 is 2.41 bits per heavy atom. The highest BCUT2D eigenvalue weighted by molar-refractivity contribution is 7.92. The normalized spacial score (nSPS) is 17.1. The standard InChI is InChI=1S/C28H30N6O3S2/c1-32(2)19-10-12-20(13-11-19)33-17-7-9-24(33)27-26(22-8-5-6-16-29-22)30-28(38)34(27)21-14-15-25(37-3)23(18-21)31-39(4,35)36/h5-18,26-27,31H,1-4H3,(H,30,38)/t26-,27+/m1/s1. The van der Waals surface area contributed by atoms with Crippen molar-refractivity contribution in [3.63, 3.8) is 0 Å². The van der Waals surface area contributed by atoms with E-state index in [9.17, 15) is 8.42 Å². The van der Waals surface area contributed by atoms with Gasteiger partial charge in [0.25, 0.3) is 0 Å². The number of hydrogen-bond acceptors (Lipinski definition) is 6. The molecule has 0 radical (unpaired) electrons. The minimum atomic E-state index is -3.54. The molecule has 1 saturated heterocycles. The first-order chi connectivity index (χ1) is 18.7. The highest BCUT2D eigenvalue weighted by Gasteiger charge is 2.42. The molecule has 1 aliphatic rings. The molecule has 0 saturated carbocycles. The van der Waals surface area contributed by atoms with Gasteiger partial charge in [0.15, 0.2) is 5.11 Å². The third-order valence-electron chi connectivity index (χ3n) is 6.58. The van der Waals surface area contributed by atoms with Crippen LogP contribution < -0.4 is 24.6 Å². The molecule has 1 aliphatic heterocycles. The molecule has 9 nitrogen and oxygen atoms in total. The molecule has 2 aromatic carbocycles. The Kier molecular flexibility index (Phi) is 7.19. The molecule has 0 spiro atoms. The topological polar surface area (TPSA) is 91.7 Å². The third kappa shape index (κ3) is 5.41. The molecule has 2 aromatic heterocycles. The van der Waals surface area contributed by atoms with Crippen molar-refractivity contribution in [3.05, 3.63) is 96.6 Å². The second kappa shape index (κ2) is 10.6. The molecule has 3 heterocycles. The minimum absolute atomic E-state index is 0.262. The number of sulfonamides is 1. The molecule has 0 unspecified atom stereocenters. The number of methoxy groups -OCH3 is 1. The molecule has 0 bridgehead atoms. The number of nitrogens with one attached hydrogen (secondary N) is 2. The Balaban J connectivity index is 1.64. The summed E-state index contributed by atoms with van der Waals surface area (Å²) in [4.78, 5) is 8.70. The van der Waals surface area contributed by atoms with Crippen LogP contribution >= 0.6 is 12.2 Å². The molecule has 0 aliphatic carbocycles. The van der Waals surface area contributed by atoms with Gasteiger partial charge in [0, 0.05) is 49.2 Å². The van der Waals surface area contributed by atoms with Gasteiger partial charge in [0.1, 0.15) is 11.8 Å². The number of pyridine rings is 1. The molecular formula is C28H30N6O3S2. The van der Waals surface area contributed by atoms with Crippen LogP contribution in [0.5, 0.6) is 5.75 Å². The Hall–Kier alpha value is -4.09. The number of rotatable bonds is 8. The first-order valence-electron chi connectivity index (χ1n) is 12.3. The predicted molar refractivity (Wildman–Crippen MR) is 159 cm³/mol. The van der Waals surface area contributed by atoms with Crippen LogP contribution in [-0.4, -0.2) is 50.5 Å². The lowest BCUT2D eigenvalue weighted by Gasteiger charge is -2.29. The molecule has 39 heavy (non-hydrogen) atoms. The Bertz CT molecular complexity index is 1590. The number of anilines is 3. The van der Waals surface area contributed by atoms with E-state index in [1.54, 1.807) is 18.3 Å². The van der Waals surface area contributed by atoms with E-state index in [1.807, 2.05) is 55.5 Å². The van der Waals surface area contributed by atoms with E-state index >= 15 is 0 Å². The smallest absolute Gasteiger partial charge is 0.229 e. The van der Waals surface area contributed by atoms with Crippen molar-refractivity contribution in [2.75, 3.05) is 42.0 Å². The van der Waals surface area contributed by atoms with Gasteiger partial charge >= 0.3 is 0 Å². The summed E-state index contributed by atoms with van der Waals surface area (Å²) in [6.45, 7) is 0. The van der Waals surface area contributed by atoms with Gasteiger partial charge in [-0.05, 0) is 78.9 Å². The number of thiocarbonyl (C=S) groups is 1. The van der Waals surface area contributed by atoms with E-state index in [2.05, 4.69) is 54.8 Å². The molecule has 5 rings (SSSR count). The molecule has 4 aromatic rings. The Morgan fingerprint density at radius 1 is 1.03 bits per heavy atom. The minimum Gasteiger partial charge on any atom is -0.495 e. The Morgan fingerprint density at radius 2 is 1.77 bits per heavy atom. The molecular weight excluding hydrogens is 532 g/mol. The summed E-state index contributed by atoms with van der Waals surface area (Å²) in [6.07, 6.45) is 4.90. The third-order valence-corrected chi connectivity index (χ3v) is 7.49. The summed E-state index contributed by atoms with van der Waals surface area (Å²) in [5.74, 6) is 0.407. The zero-order chi connectivity index (χ0) is 27.7. The van der Waals surface area contributed by atoms with Crippen LogP contribution in [0.1, 0.15) is 23.5 Å². The monoisotopic (exact) mass is 562 g/mol. The lowest BCUT2D eigenvalue weighted by atomic mass is 10.0. The van der Waals surface area contributed by atoms with E-state index < -0.39 is 10.0 Å². The lowest BCUT2D eigenvalue weighted by Crippen LogP contribution is -2.30. The van der Waals surface area contributed by atoms with Crippen molar-refractivity contribution < 1.29 is 13.2 Å². The summed E-state index contributed by atoms with van der Waals surface area (Å²) >= 11 is 5.87. The number of hydrogen-bond donors (Lipinski definition) is 2. The van der Waals surface area contributed by atoms with Crippen LogP contribution in [0, 0.1) is 0 Å². The first kappa shape index (κ1) is 26.5. The van der Waals surface area contributed by atoms with Gasteiger partial charge < -0.3 is 24.4 Å². The van der Waals surface area contributed by atoms with Gasteiger partial charge in [-0.15, -0.1) is 0 Å². The average molecular weight is 563 g/mol. The van der Waals surface area contributed by atoms with Gasteiger partial charge in [-0.3, -0.25) is 9.71 Å². The number of benzene rings is 2. The van der Waals surface area contributed by atoms with Crippen LogP contribution in [0.3, 0.4) is 0 Å². The van der Waals surface area contributed by atoms with E-state index in [1.165, 1.54) is 7.11 Å². The number of ether oxygens (including phenoxy) is 1. The van der Waals surface area contributed by atoms with Gasteiger partial charge in [-0.25, -0.2) is 8.42 Å². The maximum atomic E-state index is 12.1. The maximum absolute atomic E-state index is 12.1. The molecule has 0 amide bonds. The molecule has 2 N–H and O–H groups in total. The highest BCUT2D eigenvalue weighted by atomic mass is 32.2. The van der Waals surface area contributed by atoms with Crippen molar-refractivity contribution >= 4 is 44.4 Å². The number of nitrogens with zero attached hydrogens (tertiary/aromatic N) is 4.